The molecule has 0 saturated heterocycles. The van der Waals surface area contributed by atoms with Gasteiger partial charge in [0.1, 0.15) is 19.3 Å². The summed E-state index contributed by atoms with van der Waals surface area (Å²) < 4.78 is 68.2. The van der Waals surface area contributed by atoms with E-state index >= 15 is 0 Å². The van der Waals surface area contributed by atoms with Crippen LogP contribution in [-0.4, -0.2) is 96.7 Å². The Hall–Kier alpha value is -1.94. The summed E-state index contributed by atoms with van der Waals surface area (Å²) in [4.78, 5) is 72.4. The summed E-state index contributed by atoms with van der Waals surface area (Å²) in [5.74, 6) is -1.31. The maximum absolute atomic E-state index is 13.1. The van der Waals surface area contributed by atoms with Crippen LogP contribution >= 0.6 is 15.6 Å². The molecule has 0 heterocycles. The third-order valence-corrected chi connectivity index (χ3v) is 19.4. The molecule has 0 aliphatic carbocycles. The van der Waals surface area contributed by atoms with E-state index in [-0.39, 0.29) is 25.7 Å². The van der Waals surface area contributed by atoms with Gasteiger partial charge in [0, 0.05) is 25.7 Å². The molecule has 0 saturated carbocycles. The van der Waals surface area contributed by atoms with E-state index in [2.05, 4.69) is 34.6 Å². The minimum absolute atomic E-state index is 0.106. The predicted octanol–water partition coefficient (Wildman–Crippen LogP) is 22.1. The number of hydrogen-bond donors (Lipinski definition) is 3. The molecule has 3 N–H and O–H groups in total. The van der Waals surface area contributed by atoms with Crippen molar-refractivity contribution < 1.29 is 80.2 Å². The van der Waals surface area contributed by atoms with Crippen LogP contribution in [0.25, 0.3) is 0 Å². The Morgan fingerprint density at radius 3 is 0.723 bits per heavy atom. The first kappa shape index (κ1) is 92.1. The van der Waals surface area contributed by atoms with Crippen molar-refractivity contribution in [2.75, 3.05) is 39.6 Å². The second-order valence-corrected chi connectivity index (χ2v) is 30.4. The lowest BCUT2D eigenvalue weighted by Crippen LogP contribution is -2.30. The van der Waals surface area contributed by atoms with Crippen molar-refractivity contribution in [3.63, 3.8) is 0 Å². The van der Waals surface area contributed by atoms with E-state index in [1.54, 1.807) is 0 Å². The number of ether oxygens (including phenoxy) is 4. The molecule has 5 atom stereocenters. The Labute approximate surface area is 575 Å². The van der Waals surface area contributed by atoms with E-state index in [9.17, 15) is 43.2 Å². The largest absolute Gasteiger partial charge is 0.472 e. The third kappa shape index (κ3) is 68.6. The van der Waals surface area contributed by atoms with Crippen LogP contribution in [0.2, 0.25) is 0 Å². The van der Waals surface area contributed by atoms with Crippen LogP contribution in [0.15, 0.2) is 0 Å². The predicted molar refractivity (Wildman–Crippen MR) is 382 cm³/mol. The van der Waals surface area contributed by atoms with Crippen molar-refractivity contribution in [1.29, 1.82) is 0 Å². The molecule has 17 nitrogen and oxygen atoms in total. The van der Waals surface area contributed by atoms with Crippen molar-refractivity contribution in [3.8, 4) is 0 Å². The maximum Gasteiger partial charge on any atom is 0.472 e. The van der Waals surface area contributed by atoms with E-state index < -0.39 is 97.5 Å². The maximum atomic E-state index is 13.1. The number of hydrogen-bond acceptors (Lipinski definition) is 15. The number of carbonyl (C=O) groups excluding carboxylic acids is 4. The lowest BCUT2D eigenvalue weighted by atomic mass is 10.0. The first-order valence-electron chi connectivity index (χ1n) is 39.1. The molecule has 0 aliphatic heterocycles. The van der Waals surface area contributed by atoms with Gasteiger partial charge in [-0.3, -0.25) is 37.3 Å². The van der Waals surface area contributed by atoms with Crippen LogP contribution in [0.5, 0.6) is 0 Å². The van der Waals surface area contributed by atoms with Crippen LogP contribution < -0.4 is 0 Å². The standard InChI is InChI=1S/C75H146O17P2/c1-6-9-12-15-17-19-21-22-23-24-28-31-34-37-41-44-49-54-59-73(78)86-65-71(92-75(80)61-56-51-46-42-38-35-32-29-26-25-27-30-33-36-39-43-48-52-57-68(4)5)67-90-94(83,84)88-63-69(76)62-87-93(81,82)89-66-70(64-85-72(77)58-53-47-14-11-8-3)91-74(79)60-55-50-45-40-20-18-16-13-10-7-2/h68-71,76H,6-67H2,1-5H3,(H,81,82)(H,83,84)/t69-,70+,71+/m0/s1. The minimum atomic E-state index is -4.95. The third-order valence-electron chi connectivity index (χ3n) is 17.5. The lowest BCUT2D eigenvalue weighted by molar-refractivity contribution is -0.161. The number of phosphoric ester groups is 2. The van der Waals surface area contributed by atoms with Crippen molar-refractivity contribution in [2.24, 2.45) is 5.92 Å². The van der Waals surface area contributed by atoms with Gasteiger partial charge in [0.15, 0.2) is 12.2 Å². The van der Waals surface area contributed by atoms with Gasteiger partial charge in [0.05, 0.1) is 26.4 Å². The van der Waals surface area contributed by atoms with Crippen molar-refractivity contribution >= 4 is 39.5 Å². The zero-order chi connectivity index (χ0) is 69.1. The first-order valence-corrected chi connectivity index (χ1v) is 42.1. The number of aliphatic hydroxyl groups excluding tert-OH is 1. The fourth-order valence-electron chi connectivity index (χ4n) is 11.5. The number of carbonyl (C=O) groups is 4. The highest BCUT2D eigenvalue weighted by Crippen LogP contribution is 2.45. The van der Waals surface area contributed by atoms with Gasteiger partial charge in [-0.15, -0.1) is 0 Å². The molecule has 0 aromatic heterocycles. The molecule has 19 heteroatoms. The normalized spacial score (nSPS) is 14.0. The summed E-state index contributed by atoms with van der Waals surface area (Å²) >= 11 is 0. The van der Waals surface area contributed by atoms with Gasteiger partial charge in [-0.25, -0.2) is 9.13 Å². The Morgan fingerprint density at radius 1 is 0.287 bits per heavy atom. The molecule has 0 rings (SSSR count). The molecule has 0 aromatic rings. The second-order valence-electron chi connectivity index (χ2n) is 27.5. The van der Waals surface area contributed by atoms with Crippen LogP contribution in [0.1, 0.15) is 394 Å². The Kier molecular flexibility index (Phi) is 66.8. The fraction of sp³-hybridized carbons (Fsp3) is 0.947. The lowest BCUT2D eigenvalue weighted by Gasteiger charge is -2.21. The average Bonchev–Trinajstić information content (AvgIpc) is 1.52. The van der Waals surface area contributed by atoms with Gasteiger partial charge in [-0.05, 0) is 31.6 Å². The highest BCUT2D eigenvalue weighted by molar-refractivity contribution is 7.47. The van der Waals surface area contributed by atoms with E-state index in [0.717, 1.165) is 102 Å². The molecule has 0 radical (unpaired) electrons. The van der Waals surface area contributed by atoms with Gasteiger partial charge in [-0.2, -0.15) is 0 Å². The average molecular weight is 1380 g/mol. The summed E-state index contributed by atoms with van der Waals surface area (Å²) in [7, 11) is -9.89. The number of phosphoric acid groups is 2. The van der Waals surface area contributed by atoms with Crippen LogP contribution in [0.3, 0.4) is 0 Å². The summed E-state index contributed by atoms with van der Waals surface area (Å²) in [5, 5.41) is 10.6. The fourth-order valence-corrected chi connectivity index (χ4v) is 13.1. The zero-order valence-electron chi connectivity index (χ0n) is 61.1. The molecule has 0 bridgehead atoms. The number of unbranched alkanes of at least 4 members (excludes halogenated alkanes) is 47. The summed E-state index contributed by atoms with van der Waals surface area (Å²) in [6.07, 6.45) is 57.4. The topological polar surface area (TPSA) is 237 Å². The molecule has 0 spiro atoms. The number of rotatable bonds is 75. The van der Waals surface area contributed by atoms with Crippen LogP contribution in [0.4, 0.5) is 0 Å². The van der Waals surface area contributed by atoms with Crippen LogP contribution in [0, 0.1) is 5.92 Å². The molecule has 0 amide bonds. The Balaban J connectivity index is 5.11. The monoisotopic (exact) mass is 1380 g/mol. The molecule has 558 valence electrons. The first-order chi connectivity index (χ1) is 45.5. The van der Waals surface area contributed by atoms with E-state index in [0.29, 0.717) is 25.7 Å². The zero-order valence-corrected chi connectivity index (χ0v) is 62.9. The summed E-state index contributed by atoms with van der Waals surface area (Å²) in [6.45, 7) is 7.22. The van der Waals surface area contributed by atoms with Crippen molar-refractivity contribution in [2.45, 2.75) is 412 Å². The smallest absolute Gasteiger partial charge is 0.462 e. The Morgan fingerprint density at radius 2 is 0.489 bits per heavy atom. The number of esters is 4. The summed E-state index contributed by atoms with van der Waals surface area (Å²) in [6, 6.07) is 0. The molecule has 2 unspecified atom stereocenters. The molecule has 0 aromatic carbocycles. The highest BCUT2D eigenvalue weighted by Gasteiger charge is 2.30. The van der Waals surface area contributed by atoms with Crippen molar-refractivity contribution in [1.82, 2.24) is 0 Å². The molecular formula is C75H146O17P2. The van der Waals surface area contributed by atoms with Gasteiger partial charge < -0.3 is 33.8 Å². The molecule has 94 heavy (non-hydrogen) atoms. The van der Waals surface area contributed by atoms with Gasteiger partial charge >= 0.3 is 39.5 Å². The SMILES string of the molecule is CCCCCCCCCCCCCCCCCCCCC(=O)OC[C@H](COP(=O)(O)OC[C@@H](O)COP(=O)(O)OC[C@@H](COC(=O)CCCCCCC)OC(=O)CCCCCCCCCCCC)OC(=O)CCCCCCCCCCCCCCCCCCCCC(C)C. The van der Waals surface area contributed by atoms with E-state index in [1.807, 2.05) is 0 Å². The summed E-state index contributed by atoms with van der Waals surface area (Å²) in [5.41, 5.74) is 0. The molecule has 0 aliphatic rings. The van der Waals surface area contributed by atoms with Gasteiger partial charge in [0.25, 0.3) is 0 Å². The van der Waals surface area contributed by atoms with Gasteiger partial charge in [-0.1, -0.05) is 343 Å². The van der Waals surface area contributed by atoms with Crippen LogP contribution in [-0.2, 0) is 65.4 Å². The second kappa shape index (κ2) is 68.2. The highest BCUT2D eigenvalue weighted by atomic mass is 31.2. The minimum Gasteiger partial charge on any atom is -0.462 e. The quantitative estimate of drug-likeness (QED) is 0.0222. The van der Waals surface area contributed by atoms with E-state index in [1.165, 1.54) is 212 Å². The van der Waals surface area contributed by atoms with E-state index in [4.69, 9.17) is 37.0 Å². The van der Waals surface area contributed by atoms with Gasteiger partial charge in [0.2, 0.25) is 0 Å². The van der Waals surface area contributed by atoms with Crippen molar-refractivity contribution in [3.05, 3.63) is 0 Å². The Bertz CT molecular complexity index is 1810. The number of aliphatic hydroxyl groups is 1. The molecular weight excluding hydrogens is 1230 g/mol. The molecule has 0 fully saturated rings.